The van der Waals surface area contributed by atoms with Gasteiger partial charge in [0.1, 0.15) is 0 Å². The van der Waals surface area contributed by atoms with Gasteiger partial charge < -0.3 is 0 Å². The molecule has 0 bridgehead atoms. The van der Waals surface area contributed by atoms with E-state index in [-0.39, 0.29) is 51.0 Å². The minimum Gasteiger partial charge on any atom is -0.210 e. The summed E-state index contributed by atoms with van der Waals surface area (Å²) in [6, 6.07) is 13.4. The average Bonchev–Trinajstić information content (AvgIpc) is 3.13. The molecule has 0 amide bonds. The van der Waals surface area contributed by atoms with Gasteiger partial charge in [0.05, 0.1) is 0 Å². The third-order valence-corrected chi connectivity index (χ3v) is 3.58. The minimum absolute atomic E-state index is 0. The van der Waals surface area contributed by atoms with Gasteiger partial charge >= 0.3 is 26.2 Å². The first-order valence-electron chi connectivity index (χ1n) is 9.25. The first kappa shape index (κ1) is 33.9. The summed E-state index contributed by atoms with van der Waals surface area (Å²) in [5, 5.41) is 0. The SMILES string of the molecule is CCCCc1cc[c-](C)c1.CCCCc1cc[c-](C)c1.C[SiH]C.Cl.Cl.[Zr+2]. The van der Waals surface area contributed by atoms with E-state index in [2.05, 4.69) is 77.2 Å². The second kappa shape index (κ2) is 23.4. The van der Waals surface area contributed by atoms with E-state index >= 15 is 0 Å². The number of rotatable bonds is 6. The summed E-state index contributed by atoms with van der Waals surface area (Å²) in [4.78, 5) is 0. The first-order valence-corrected chi connectivity index (χ1v) is 11.6. The number of halogens is 2. The van der Waals surface area contributed by atoms with Crippen LogP contribution in [0.15, 0.2) is 36.4 Å². The fraction of sp³-hybridized carbons (Fsp3) is 0.545. The van der Waals surface area contributed by atoms with Crippen LogP contribution in [0.2, 0.25) is 13.1 Å². The Morgan fingerprint density at radius 1 is 0.769 bits per heavy atom. The Balaban J connectivity index is -0.000000147. The molecule has 26 heavy (non-hydrogen) atoms. The van der Waals surface area contributed by atoms with Crippen molar-refractivity contribution in [1.82, 2.24) is 0 Å². The molecule has 149 valence electrons. The van der Waals surface area contributed by atoms with Crippen molar-refractivity contribution in [3.05, 3.63) is 58.7 Å². The van der Waals surface area contributed by atoms with E-state index in [0.717, 1.165) is 9.52 Å². The van der Waals surface area contributed by atoms with Crippen molar-refractivity contribution in [2.45, 2.75) is 79.3 Å². The standard InChI is InChI=1S/2C10H15.C2H7Si.2ClH.Zr/c2*1-3-4-5-10-7-6-9(2)8-10;1-3-2;;;/h2*6-8H,3-5H2,1-2H3;3H,1-2H3;2*1H;/q2*-1;;;;+2. The molecule has 2 aromatic carbocycles. The van der Waals surface area contributed by atoms with Gasteiger partial charge in [0.25, 0.3) is 0 Å². The van der Waals surface area contributed by atoms with Crippen molar-refractivity contribution in [3.8, 4) is 0 Å². The maximum atomic E-state index is 2.27. The van der Waals surface area contributed by atoms with Crippen LogP contribution in [0.3, 0.4) is 0 Å². The predicted octanol–water partition coefficient (Wildman–Crippen LogP) is 7.47. The van der Waals surface area contributed by atoms with E-state index < -0.39 is 0 Å². The third kappa shape index (κ3) is 19.2. The predicted molar refractivity (Wildman–Crippen MR) is 124 cm³/mol. The quantitative estimate of drug-likeness (QED) is 0.289. The molecule has 0 aliphatic rings. The Morgan fingerprint density at radius 2 is 1.08 bits per heavy atom. The Morgan fingerprint density at radius 3 is 1.27 bits per heavy atom. The summed E-state index contributed by atoms with van der Waals surface area (Å²) < 4.78 is 0. The largest absolute Gasteiger partial charge is 2.00 e. The zero-order valence-corrected chi connectivity index (χ0v) is 22.8. The first-order chi connectivity index (χ1) is 11.1. The summed E-state index contributed by atoms with van der Waals surface area (Å²) in [6.45, 7) is 13.2. The molecule has 1 radical (unpaired) electrons. The van der Waals surface area contributed by atoms with Crippen molar-refractivity contribution < 1.29 is 26.2 Å². The summed E-state index contributed by atoms with van der Waals surface area (Å²) in [7, 11) is 0.750. The van der Waals surface area contributed by atoms with E-state index in [1.54, 1.807) is 0 Å². The Hall–Kier alpha value is 0.380. The molecule has 2 rings (SSSR count). The van der Waals surface area contributed by atoms with Crippen molar-refractivity contribution >= 4 is 34.3 Å². The van der Waals surface area contributed by atoms with Crippen LogP contribution in [-0.2, 0) is 39.0 Å². The van der Waals surface area contributed by atoms with E-state index in [1.165, 1.54) is 60.8 Å². The molecule has 2 aromatic rings. The summed E-state index contributed by atoms with van der Waals surface area (Å²) >= 11 is 0. The Bertz CT molecular complexity index is 448. The van der Waals surface area contributed by atoms with Crippen LogP contribution in [-0.4, -0.2) is 9.52 Å². The van der Waals surface area contributed by atoms with E-state index in [9.17, 15) is 0 Å². The molecule has 0 spiro atoms. The van der Waals surface area contributed by atoms with Crippen LogP contribution in [0.4, 0.5) is 0 Å². The topological polar surface area (TPSA) is 0 Å². The molecule has 0 unspecified atom stereocenters. The molecule has 0 fully saturated rings. The van der Waals surface area contributed by atoms with Crippen LogP contribution < -0.4 is 0 Å². The molecular formula is C22H39Cl2SiZr. The van der Waals surface area contributed by atoms with Crippen LogP contribution >= 0.6 is 24.8 Å². The van der Waals surface area contributed by atoms with Gasteiger partial charge in [-0.1, -0.05) is 79.3 Å². The third-order valence-electron chi connectivity index (χ3n) is 3.58. The molecule has 0 atom stereocenters. The van der Waals surface area contributed by atoms with Gasteiger partial charge in [0.2, 0.25) is 0 Å². The summed E-state index contributed by atoms with van der Waals surface area (Å²) in [6.07, 6.45) is 7.75. The van der Waals surface area contributed by atoms with Crippen molar-refractivity contribution in [2.75, 3.05) is 0 Å². The molecule has 0 aromatic heterocycles. The summed E-state index contributed by atoms with van der Waals surface area (Å²) in [5.74, 6) is 0. The van der Waals surface area contributed by atoms with Crippen molar-refractivity contribution in [3.63, 3.8) is 0 Å². The van der Waals surface area contributed by atoms with Gasteiger partial charge in [-0.15, -0.1) is 24.8 Å². The molecule has 0 nitrogen and oxygen atoms in total. The van der Waals surface area contributed by atoms with Crippen molar-refractivity contribution in [2.24, 2.45) is 0 Å². The molecular weight excluding hydrogens is 454 g/mol. The van der Waals surface area contributed by atoms with Gasteiger partial charge in [0, 0.05) is 9.52 Å². The molecule has 0 aliphatic heterocycles. The van der Waals surface area contributed by atoms with Gasteiger partial charge in [-0.25, -0.2) is 12.1 Å². The molecule has 0 N–H and O–H groups in total. The van der Waals surface area contributed by atoms with Crippen LogP contribution in [0.25, 0.3) is 0 Å². The maximum absolute atomic E-state index is 2.27. The summed E-state index contributed by atoms with van der Waals surface area (Å²) in [5.41, 5.74) is 5.79. The van der Waals surface area contributed by atoms with E-state index in [0.29, 0.717) is 0 Å². The Kier molecular flexibility index (Phi) is 30.6. The molecule has 0 saturated carbocycles. The van der Waals surface area contributed by atoms with Gasteiger partial charge in [-0.3, -0.25) is 0 Å². The second-order valence-electron chi connectivity index (χ2n) is 6.38. The molecule has 0 heterocycles. The van der Waals surface area contributed by atoms with Crippen LogP contribution in [0.5, 0.6) is 0 Å². The van der Waals surface area contributed by atoms with Gasteiger partial charge in [-0.05, 0) is 0 Å². The molecule has 4 heteroatoms. The van der Waals surface area contributed by atoms with E-state index in [4.69, 9.17) is 0 Å². The number of aryl methyl sites for hydroxylation is 4. The van der Waals surface area contributed by atoms with Gasteiger partial charge in [0.15, 0.2) is 0 Å². The number of hydrogen-bond donors (Lipinski definition) is 0. The van der Waals surface area contributed by atoms with Crippen LogP contribution in [0, 0.1) is 13.8 Å². The van der Waals surface area contributed by atoms with Crippen LogP contribution in [0.1, 0.15) is 61.8 Å². The van der Waals surface area contributed by atoms with Crippen molar-refractivity contribution in [1.29, 1.82) is 0 Å². The number of hydrogen-bond acceptors (Lipinski definition) is 0. The second-order valence-corrected chi connectivity index (χ2v) is 7.53. The zero-order valence-electron chi connectivity index (χ0n) is 17.6. The smallest absolute Gasteiger partial charge is 0.210 e. The monoisotopic (exact) mass is 491 g/mol. The fourth-order valence-electron chi connectivity index (χ4n) is 2.33. The zero-order chi connectivity index (χ0) is 17.5. The minimum atomic E-state index is 0. The van der Waals surface area contributed by atoms with Gasteiger partial charge in [-0.2, -0.15) is 46.5 Å². The normalized spacial score (nSPS) is 8.54. The molecule has 0 saturated heterocycles. The van der Waals surface area contributed by atoms with E-state index in [1.807, 2.05) is 0 Å². The average molecular weight is 494 g/mol. The number of unbranched alkanes of at least 4 members (excludes halogenated alkanes) is 2. The fourth-order valence-corrected chi connectivity index (χ4v) is 2.33. The Labute approximate surface area is 197 Å². The molecule has 0 aliphatic carbocycles. The maximum Gasteiger partial charge on any atom is 2.00 e.